The monoisotopic (exact) mass is 534 g/mol. The quantitative estimate of drug-likeness (QED) is 0.192. The molecule has 30 heavy (non-hydrogen) atoms. The molecule has 4 aromatic rings. The highest BCUT2D eigenvalue weighted by Crippen LogP contribution is 2.29. The number of rotatable bonds is 6. The first-order chi connectivity index (χ1) is 14.2. The Labute approximate surface area is 196 Å². The SMILES string of the molecule is CN=C(NCc1cc(-c2ccccc2)on1)NCC(O)c1cc2ccccc2s1.I. The molecule has 0 radical (unpaired) electrons. The number of thiophene rings is 1. The van der Waals surface area contributed by atoms with Crippen LogP contribution in [-0.2, 0) is 6.54 Å². The van der Waals surface area contributed by atoms with Gasteiger partial charge in [0.2, 0.25) is 0 Å². The molecule has 2 aromatic heterocycles. The van der Waals surface area contributed by atoms with Gasteiger partial charge in [-0.15, -0.1) is 35.3 Å². The minimum atomic E-state index is -0.609. The number of aliphatic hydroxyl groups is 1. The van der Waals surface area contributed by atoms with Crippen LogP contribution in [0.5, 0.6) is 0 Å². The lowest BCUT2D eigenvalue weighted by atomic mass is 10.2. The number of halogens is 1. The van der Waals surface area contributed by atoms with E-state index < -0.39 is 6.10 Å². The Morgan fingerprint density at radius 3 is 2.63 bits per heavy atom. The first kappa shape index (κ1) is 22.3. The largest absolute Gasteiger partial charge is 0.386 e. The third kappa shape index (κ3) is 5.38. The fourth-order valence-corrected chi connectivity index (χ4v) is 4.04. The Balaban J connectivity index is 0.00000256. The molecule has 8 heteroatoms. The second-order valence-electron chi connectivity index (χ2n) is 6.56. The van der Waals surface area contributed by atoms with Crippen molar-refractivity contribution < 1.29 is 9.63 Å². The maximum atomic E-state index is 10.5. The van der Waals surface area contributed by atoms with Crippen molar-refractivity contribution in [3.8, 4) is 11.3 Å². The van der Waals surface area contributed by atoms with Crippen molar-refractivity contribution in [2.24, 2.45) is 4.99 Å². The number of hydrogen-bond donors (Lipinski definition) is 3. The summed E-state index contributed by atoms with van der Waals surface area (Å²) in [5.74, 6) is 1.32. The van der Waals surface area contributed by atoms with Gasteiger partial charge in [0.25, 0.3) is 0 Å². The standard InChI is InChI=1S/C22H22N4O2S.HI/c1-23-22(24-13-17-12-19(28-26-17)15-7-3-2-4-8-15)25-14-18(27)21-11-16-9-5-6-10-20(16)29-21;/h2-12,18,27H,13-14H2,1H3,(H2,23,24,25);1H. The van der Waals surface area contributed by atoms with E-state index >= 15 is 0 Å². The maximum absolute atomic E-state index is 10.5. The van der Waals surface area contributed by atoms with Gasteiger partial charge >= 0.3 is 0 Å². The zero-order valence-electron chi connectivity index (χ0n) is 16.4. The van der Waals surface area contributed by atoms with Crippen molar-refractivity contribution in [3.05, 3.63) is 77.3 Å². The first-order valence-corrected chi connectivity index (χ1v) is 10.2. The van der Waals surface area contributed by atoms with Gasteiger partial charge in [-0.1, -0.05) is 53.7 Å². The molecule has 0 aliphatic carbocycles. The molecule has 2 heterocycles. The molecule has 0 amide bonds. The molecule has 0 fully saturated rings. The molecule has 0 saturated carbocycles. The topological polar surface area (TPSA) is 82.7 Å². The van der Waals surface area contributed by atoms with Crippen LogP contribution in [0.3, 0.4) is 0 Å². The third-order valence-electron chi connectivity index (χ3n) is 4.51. The zero-order chi connectivity index (χ0) is 20.1. The Bertz CT molecular complexity index is 1080. The summed E-state index contributed by atoms with van der Waals surface area (Å²) >= 11 is 1.60. The number of nitrogens with one attached hydrogen (secondary N) is 2. The molecule has 4 rings (SSSR count). The van der Waals surface area contributed by atoms with Crippen LogP contribution in [0.15, 0.2) is 76.2 Å². The second-order valence-corrected chi connectivity index (χ2v) is 7.67. The predicted octanol–water partition coefficient (Wildman–Crippen LogP) is 4.57. The van der Waals surface area contributed by atoms with Gasteiger partial charge in [-0.2, -0.15) is 0 Å². The fourth-order valence-electron chi connectivity index (χ4n) is 2.99. The van der Waals surface area contributed by atoms with Crippen LogP contribution in [0.2, 0.25) is 0 Å². The van der Waals surface area contributed by atoms with Gasteiger partial charge in [0.1, 0.15) is 11.8 Å². The van der Waals surface area contributed by atoms with E-state index in [9.17, 15) is 5.11 Å². The molecule has 0 bridgehead atoms. The minimum absolute atomic E-state index is 0. The number of benzene rings is 2. The number of aromatic nitrogens is 1. The van der Waals surface area contributed by atoms with Gasteiger partial charge in [0.05, 0.1) is 6.54 Å². The van der Waals surface area contributed by atoms with Gasteiger partial charge < -0.3 is 20.3 Å². The molecule has 0 spiro atoms. The lowest BCUT2D eigenvalue weighted by Crippen LogP contribution is -2.38. The van der Waals surface area contributed by atoms with Crippen LogP contribution in [0.4, 0.5) is 0 Å². The van der Waals surface area contributed by atoms with Gasteiger partial charge in [-0.05, 0) is 17.5 Å². The van der Waals surface area contributed by atoms with Gasteiger partial charge in [0.15, 0.2) is 11.7 Å². The third-order valence-corrected chi connectivity index (χ3v) is 5.73. The number of aliphatic imine (C=N–C) groups is 1. The van der Waals surface area contributed by atoms with Crippen LogP contribution in [0, 0.1) is 0 Å². The Morgan fingerprint density at radius 2 is 1.87 bits per heavy atom. The molecule has 6 nitrogen and oxygen atoms in total. The predicted molar refractivity (Wildman–Crippen MR) is 132 cm³/mol. The highest BCUT2D eigenvalue weighted by Gasteiger charge is 2.13. The van der Waals surface area contributed by atoms with E-state index in [0.717, 1.165) is 27.3 Å². The summed E-state index contributed by atoms with van der Waals surface area (Å²) in [5, 5.41) is 22.1. The van der Waals surface area contributed by atoms with E-state index in [1.807, 2.05) is 54.6 Å². The van der Waals surface area contributed by atoms with Crippen LogP contribution < -0.4 is 10.6 Å². The number of nitrogens with zero attached hydrogens (tertiary/aromatic N) is 2. The van der Waals surface area contributed by atoms with Crippen LogP contribution in [0.25, 0.3) is 21.4 Å². The molecule has 2 aromatic carbocycles. The molecule has 0 aliphatic heterocycles. The lowest BCUT2D eigenvalue weighted by molar-refractivity contribution is 0.184. The summed E-state index contributed by atoms with van der Waals surface area (Å²) in [6.07, 6.45) is -0.609. The Morgan fingerprint density at radius 1 is 1.10 bits per heavy atom. The Hall–Kier alpha value is -2.43. The molecule has 0 saturated heterocycles. The molecular formula is C22H23IN4O2S. The van der Waals surface area contributed by atoms with E-state index in [-0.39, 0.29) is 24.0 Å². The second kappa shape index (κ2) is 10.6. The van der Waals surface area contributed by atoms with E-state index in [2.05, 4.69) is 32.9 Å². The van der Waals surface area contributed by atoms with E-state index in [1.54, 1.807) is 18.4 Å². The molecule has 1 atom stereocenters. The molecular weight excluding hydrogens is 511 g/mol. The van der Waals surface area contributed by atoms with Crippen LogP contribution in [0.1, 0.15) is 16.7 Å². The maximum Gasteiger partial charge on any atom is 0.191 e. The normalized spacial score (nSPS) is 12.4. The van der Waals surface area contributed by atoms with Crippen molar-refractivity contribution in [2.75, 3.05) is 13.6 Å². The van der Waals surface area contributed by atoms with Crippen LogP contribution in [-0.4, -0.2) is 29.8 Å². The minimum Gasteiger partial charge on any atom is -0.386 e. The highest BCUT2D eigenvalue weighted by molar-refractivity contribution is 14.0. The average molecular weight is 534 g/mol. The molecule has 1 unspecified atom stereocenters. The summed E-state index contributed by atoms with van der Waals surface area (Å²) in [7, 11) is 1.69. The van der Waals surface area contributed by atoms with Gasteiger partial charge in [0, 0.05) is 34.8 Å². The summed E-state index contributed by atoms with van der Waals surface area (Å²) in [6.45, 7) is 0.829. The summed E-state index contributed by atoms with van der Waals surface area (Å²) in [6, 6.07) is 21.9. The number of hydrogen-bond acceptors (Lipinski definition) is 5. The summed E-state index contributed by atoms with van der Waals surface area (Å²) in [4.78, 5) is 5.13. The summed E-state index contributed by atoms with van der Waals surface area (Å²) in [5.41, 5.74) is 1.76. The van der Waals surface area contributed by atoms with E-state index in [1.165, 1.54) is 4.70 Å². The van der Waals surface area contributed by atoms with Crippen molar-refractivity contribution in [1.82, 2.24) is 15.8 Å². The highest BCUT2D eigenvalue weighted by atomic mass is 127. The molecule has 0 aliphatic rings. The van der Waals surface area contributed by atoms with Crippen molar-refractivity contribution >= 4 is 51.4 Å². The van der Waals surface area contributed by atoms with Gasteiger partial charge in [-0.25, -0.2) is 0 Å². The fraction of sp³-hybridized carbons (Fsp3) is 0.182. The molecule has 3 N–H and O–H groups in total. The van der Waals surface area contributed by atoms with E-state index in [4.69, 9.17) is 4.52 Å². The number of aliphatic hydroxyl groups excluding tert-OH is 1. The number of guanidine groups is 1. The van der Waals surface area contributed by atoms with E-state index in [0.29, 0.717) is 19.0 Å². The lowest BCUT2D eigenvalue weighted by Gasteiger charge is -2.13. The average Bonchev–Trinajstić information content (AvgIpc) is 3.41. The van der Waals surface area contributed by atoms with Crippen LogP contribution >= 0.6 is 35.3 Å². The summed E-state index contributed by atoms with van der Waals surface area (Å²) < 4.78 is 6.58. The van der Waals surface area contributed by atoms with Crippen molar-refractivity contribution in [1.29, 1.82) is 0 Å². The van der Waals surface area contributed by atoms with Gasteiger partial charge in [-0.3, -0.25) is 4.99 Å². The first-order valence-electron chi connectivity index (χ1n) is 9.35. The van der Waals surface area contributed by atoms with Crippen molar-refractivity contribution in [2.45, 2.75) is 12.6 Å². The van der Waals surface area contributed by atoms with Crippen molar-refractivity contribution in [3.63, 3.8) is 0 Å². The number of fused-ring (bicyclic) bond motifs is 1. The Kier molecular flexibility index (Phi) is 7.83. The molecule has 156 valence electrons. The smallest absolute Gasteiger partial charge is 0.191 e. The zero-order valence-corrected chi connectivity index (χ0v) is 19.6.